The molecule has 0 atom stereocenters. The van der Waals surface area contributed by atoms with Gasteiger partial charge in [0.15, 0.2) is 5.11 Å². The van der Waals surface area contributed by atoms with E-state index >= 15 is 0 Å². The molecular weight excluding hydrogens is 298 g/mol. The molecule has 1 amide bonds. The molecule has 0 spiro atoms. The largest absolute Gasteiger partial charge is 0.507 e. The van der Waals surface area contributed by atoms with Gasteiger partial charge in [0.05, 0.1) is 5.56 Å². The number of para-hydroxylation sites is 1. The monoisotopic (exact) mass is 315 g/mol. The highest BCUT2D eigenvalue weighted by Gasteiger charge is 2.10. The molecule has 2 rings (SSSR count). The lowest BCUT2D eigenvalue weighted by Crippen LogP contribution is -2.27. The number of hydrogen-bond acceptors (Lipinski definition) is 3. The smallest absolute Gasteiger partial charge is 0.259 e. The van der Waals surface area contributed by atoms with E-state index in [9.17, 15) is 9.90 Å². The van der Waals surface area contributed by atoms with Crippen molar-refractivity contribution in [1.29, 1.82) is 0 Å². The van der Waals surface area contributed by atoms with Gasteiger partial charge < -0.3 is 21.1 Å². The third-order valence-corrected chi connectivity index (χ3v) is 3.11. The van der Waals surface area contributed by atoms with Gasteiger partial charge in [-0.1, -0.05) is 18.2 Å². The van der Waals surface area contributed by atoms with Gasteiger partial charge in [0, 0.05) is 17.9 Å². The lowest BCUT2D eigenvalue weighted by atomic mass is 10.2. The van der Waals surface area contributed by atoms with Crippen LogP contribution in [0.15, 0.2) is 48.5 Å². The lowest BCUT2D eigenvalue weighted by molar-refractivity contribution is 0.102. The SMILES string of the molecule is CCNC(=S)Nc1cccc(NC(=O)c2ccccc2O)c1. The average Bonchev–Trinajstić information content (AvgIpc) is 2.48. The molecule has 0 saturated heterocycles. The van der Waals surface area contributed by atoms with Crippen molar-refractivity contribution in [1.82, 2.24) is 5.32 Å². The number of anilines is 2. The van der Waals surface area contributed by atoms with E-state index in [2.05, 4.69) is 16.0 Å². The summed E-state index contributed by atoms with van der Waals surface area (Å²) in [7, 11) is 0. The molecule has 4 N–H and O–H groups in total. The van der Waals surface area contributed by atoms with E-state index < -0.39 is 0 Å². The molecule has 2 aromatic rings. The molecule has 0 unspecified atom stereocenters. The van der Waals surface area contributed by atoms with Crippen LogP contribution in [0.3, 0.4) is 0 Å². The Balaban J connectivity index is 2.09. The number of benzene rings is 2. The lowest BCUT2D eigenvalue weighted by Gasteiger charge is -2.11. The van der Waals surface area contributed by atoms with E-state index in [-0.39, 0.29) is 17.2 Å². The van der Waals surface area contributed by atoms with E-state index in [0.717, 1.165) is 12.2 Å². The third kappa shape index (κ3) is 4.20. The Bertz CT molecular complexity index is 689. The first-order chi connectivity index (χ1) is 10.6. The van der Waals surface area contributed by atoms with Crippen LogP contribution in [0.1, 0.15) is 17.3 Å². The Labute approximate surface area is 134 Å². The van der Waals surface area contributed by atoms with E-state index in [1.807, 2.05) is 13.0 Å². The second-order valence-electron chi connectivity index (χ2n) is 4.54. The van der Waals surface area contributed by atoms with Crippen molar-refractivity contribution in [3.8, 4) is 5.75 Å². The van der Waals surface area contributed by atoms with Crippen molar-refractivity contribution in [3.63, 3.8) is 0 Å². The molecule has 0 heterocycles. The minimum atomic E-state index is -0.371. The molecule has 114 valence electrons. The first kappa shape index (κ1) is 15.8. The van der Waals surface area contributed by atoms with Crippen LogP contribution in [-0.2, 0) is 0 Å². The second-order valence-corrected chi connectivity index (χ2v) is 4.94. The minimum Gasteiger partial charge on any atom is -0.507 e. The molecule has 0 aliphatic rings. The van der Waals surface area contributed by atoms with Crippen molar-refractivity contribution >= 4 is 34.6 Å². The van der Waals surface area contributed by atoms with Crippen LogP contribution in [0.25, 0.3) is 0 Å². The Morgan fingerprint density at radius 3 is 2.45 bits per heavy atom. The number of thiocarbonyl (C=S) groups is 1. The minimum absolute atomic E-state index is 0.0531. The number of aromatic hydroxyl groups is 1. The van der Waals surface area contributed by atoms with Crippen LogP contribution >= 0.6 is 12.2 Å². The zero-order valence-electron chi connectivity index (χ0n) is 12.1. The van der Waals surface area contributed by atoms with Gasteiger partial charge in [-0.15, -0.1) is 0 Å². The fourth-order valence-corrected chi connectivity index (χ4v) is 2.14. The van der Waals surface area contributed by atoms with Crippen LogP contribution in [0.2, 0.25) is 0 Å². The Kier molecular flexibility index (Phi) is 5.32. The van der Waals surface area contributed by atoms with Gasteiger partial charge in [0.1, 0.15) is 5.75 Å². The second kappa shape index (κ2) is 7.42. The summed E-state index contributed by atoms with van der Waals surface area (Å²) in [4.78, 5) is 12.1. The van der Waals surface area contributed by atoms with E-state index in [4.69, 9.17) is 12.2 Å². The first-order valence-electron chi connectivity index (χ1n) is 6.84. The van der Waals surface area contributed by atoms with Crippen LogP contribution in [0.5, 0.6) is 5.75 Å². The fraction of sp³-hybridized carbons (Fsp3) is 0.125. The molecule has 0 aliphatic heterocycles. The predicted octanol–water partition coefficient (Wildman–Crippen LogP) is 2.95. The van der Waals surface area contributed by atoms with Crippen LogP contribution in [0, 0.1) is 0 Å². The molecular formula is C16H17N3O2S. The Hall–Kier alpha value is -2.60. The molecule has 5 nitrogen and oxygen atoms in total. The summed E-state index contributed by atoms with van der Waals surface area (Å²) in [6.45, 7) is 2.69. The summed E-state index contributed by atoms with van der Waals surface area (Å²) in [5.74, 6) is -0.424. The highest BCUT2D eigenvalue weighted by Crippen LogP contribution is 2.19. The molecule has 0 aliphatic carbocycles. The zero-order valence-corrected chi connectivity index (χ0v) is 12.9. The van der Waals surface area contributed by atoms with Crippen molar-refractivity contribution in [2.75, 3.05) is 17.2 Å². The molecule has 22 heavy (non-hydrogen) atoms. The van der Waals surface area contributed by atoms with Gasteiger partial charge in [0.2, 0.25) is 0 Å². The molecule has 0 saturated carbocycles. The number of amides is 1. The topological polar surface area (TPSA) is 73.4 Å². The number of phenols is 1. The van der Waals surface area contributed by atoms with Gasteiger partial charge in [-0.2, -0.15) is 0 Å². The van der Waals surface area contributed by atoms with Crippen molar-refractivity contribution in [2.45, 2.75) is 6.92 Å². The zero-order chi connectivity index (χ0) is 15.9. The Morgan fingerprint density at radius 1 is 1.09 bits per heavy atom. The number of carbonyl (C=O) groups excluding carboxylic acids is 1. The number of nitrogens with one attached hydrogen (secondary N) is 3. The van der Waals surface area contributed by atoms with Gasteiger partial charge in [0.25, 0.3) is 5.91 Å². The van der Waals surface area contributed by atoms with Crippen molar-refractivity contribution < 1.29 is 9.90 Å². The first-order valence-corrected chi connectivity index (χ1v) is 7.25. The maximum absolute atomic E-state index is 12.1. The predicted molar refractivity (Wildman–Crippen MR) is 92.4 cm³/mol. The number of carbonyl (C=O) groups is 1. The van der Waals surface area contributed by atoms with E-state index in [0.29, 0.717) is 10.8 Å². The average molecular weight is 315 g/mol. The quantitative estimate of drug-likeness (QED) is 0.653. The number of phenolic OH excluding ortho intramolecular Hbond substituents is 1. The molecule has 0 aromatic heterocycles. The summed E-state index contributed by atoms with van der Waals surface area (Å²) in [6.07, 6.45) is 0. The van der Waals surface area contributed by atoms with Crippen molar-refractivity contribution in [3.05, 3.63) is 54.1 Å². The maximum atomic E-state index is 12.1. The summed E-state index contributed by atoms with van der Waals surface area (Å²) in [5.41, 5.74) is 1.60. The van der Waals surface area contributed by atoms with E-state index in [1.54, 1.807) is 36.4 Å². The highest BCUT2D eigenvalue weighted by atomic mass is 32.1. The molecule has 0 bridgehead atoms. The summed E-state index contributed by atoms with van der Waals surface area (Å²) in [6, 6.07) is 13.6. The summed E-state index contributed by atoms with van der Waals surface area (Å²) >= 11 is 5.12. The Morgan fingerprint density at radius 2 is 1.77 bits per heavy atom. The third-order valence-electron chi connectivity index (χ3n) is 2.86. The molecule has 2 aromatic carbocycles. The fourth-order valence-electron chi connectivity index (χ4n) is 1.87. The van der Waals surface area contributed by atoms with Gasteiger partial charge in [-0.3, -0.25) is 4.79 Å². The maximum Gasteiger partial charge on any atom is 0.259 e. The molecule has 6 heteroatoms. The van der Waals surface area contributed by atoms with Gasteiger partial charge in [-0.05, 0) is 49.5 Å². The van der Waals surface area contributed by atoms with Gasteiger partial charge >= 0.3 is 0 Å². The van der Waals surface area contributed by atoms with Crippen LogP contribution in [-0.4, -0.2) is 22.7 Å². The van der Waals surface area contributed by atoms with Crippen molar-refractivity contribution in [2.24, 2.45) is 0 Å². The molecule has 0 fully saturated rings. The number of hydrogen-bond donors (Lipinski definition) is 4. The van der Waals surface area contributed by atoms with Crippen LogP contribution in [0.4, 0.5) is 11.4 Å². The normalized spacial score (nSPS) is 9.86. The van der Waals surface area contributed by atoms with E-state index in [1.165, 1.54) is 6.07 Å². The standard InChI is InChI=1S/C16H17N3O2S/c1-2-17-16(22)19-12-7-5-6-11(10-12)18-15(21)13-8-3-4-9-14(13)20/h3-10,20H,2H2,1H3,(H,18,21)(H2,17,19,22). The van der Waals surface area contributed by atoms with Gasteiger partial charge in [-0.25, -0.2) is 0 Å². The summed E-state index contributed by atoms with van der Waals surface area (Å²) in [5, 5.41) is 19.0. The highest BCUT2D eigenvalue weighted by molar-refractivity contribution is 7.80. The molecule has 0 radical (unpaired) electrons. The summed E-state index contributed by atoms with van der Waals surface area (Å²) < 4.78 is 0. The van der Waals surface area contributed by atoms with Crippen LogP contribution < -0.4 is 16.0 Å². The number of rotatable bonds is 4.